The van der Waals surface area contributed by atoms with Crippen molar-refractivity contribution >= 4 is 11.3 Å². The van der Waals surface area contributed by atoms with E-state index in [9.17, 15) is 0 Å². The topological polar surface area (TPSA) is 42.2 Å². The van der Waals surface area contributed by atoms with E-state index in [0.29, 0.717) is 18.3 Å². The maximum Gasteiger partial charge on any atom is 0.240 e. The molecule has 0 amide bonds. The molecule has 0 saturated heterocycles. The van der Waals surface area contributed by atoms with E-state index in [4.69, 9.17) is 9.51 Å². The molecule has 5 heteroatoms. The van der Waals surface area contributed by atoms with Crippen molar-refractivity contribution in [3.8, 4) is 0 Å². The van der Waals surface area contributed by atoms with Gasteiger partial charge in [0.2, 0.25) is 5.89 Å². The summed E-state index contributed by atoms with van der Waals surface area (Å²) < 4.78 is 5.58. The van der Waals surface area contributed by atoms with Crippen molar-refractivity contribution in [1.29, 1.82) is 0 Å². The molecule has 27 heavy (non-hydrogen) atoms. The average molecular weight is 375 g/mol. The Hall–Kier alpha value is -2.76. The molecule has 0 aliphatic carbocycles. The van der Waals surface area contributed by atoms with Crippen molar-refractivity contribution in [3.05, 3.63) is 106 Å². The van der Waals surface area contributed by atoms with Gasteiger partial charge in [0.05, 0.1) is 12.5 Å². The SMILES string of the molecule is CN(Cc1ccsc1)Cc1nc(C(c2ccccc2)c2ccccc2)no1. The maximum atomic E-state index is 5.58. The molecule has 2 aromatic carbocycles. The highest BCUT2D eigenvalue weighted by Crippen LogP contribution is 2.29. The average Bonchev–Trinajstić information content (AvgIpc) is 3.36. The van der Waals surface area contributed by atoms with Gasteiger partial charge in [-0.1, -0.05) is 65.8 Å². The van der Waals surface area contributed by atoms with Crippen LogP contribution in [0.4, 0.5) is 0 Å². The van der Waals surface area contributed by atoms with Crippen LogP contribution in [0.15, 0.2) is 82.0 Å². The highest BCUT2D eigenvalue weighted by atomic mass is 32.1. The number of aromatic nitrogens is 2. The molecule has 4 nitrogen and oxygen atoms in total. The monoisotopic (exact) mass is 375 g/mol. The third-order valence-corrected chi connectivity index (χ3v) is 5.18. The van der Waals surface area contributed by atoms with E-state index in [0.717, 1.165) is 17.7 Å². The number of hydrogen-bond donors (Lipinski definition) is 0. The lowest BCUT2D eigenvalue weighted by Gasteiger charge is -2.14. The summed E-state index contributed by atoms with van der Waals surface area (Å²) >= 11 is 1.71. The Balaban J connectivity index is 1.57. The van der Waals surface area contributed by atoms with Crippen LogP contribution in [0.1, 0.15) is 34.3 Å². The smallest absolute Gasteiger partial charge is 0.240 e. The summed E-state index contributed by atoms with van der Waals surface area (Å²) in [7, 11) is 2.06. The van der Waals surface area contributed by atoms with Gasteiger partial charge in [-0.15, -0.1) is 0 Å². The second-order valence-corrected chi connectivity index (χ2v) is 7.38. The molecule has 0 aliphatic heterocycles. The summed E-state index contributed by atoms with van der Waals surface area (Å²) in [6, 6.07) is 22.8. The quantitative estimate of drug-likeness (QED) is 0.459. The minimum absolute atomic E-state index is 0.0351. The Labute approximate surface area is 163 Å². The van der Waals surface area contributed by atoms with E-state index in [1.807, 2.05) is 36.4 Å². The van der Waals surface area contributed by atoms with Crippen molar-refractivity contribution in [2.75, 3.05) is 7.05 Å². The van der Waals surface area contributed by atoms with Gasteiger partial charge in [0, 0.05) is 6.54 Å². The summed E-state index contributed by atoms with van der Waals surface area (Å²) in [4.78, 5) is 6.90. The molecule has 4 aromatic rings. The highest BCUT2D eigenvalue weighted by molar-refractivity contribution is 7.07. The van der Waals surface area contributed by atoms with E-state index in [1.54, 1.807) is 11.3 Å². The van der Waals surface area contributed by atoms with Gasteiger partial charge in [0.1, 0.15) is 0 Å². The first-order valence-corrected chi connectivity index (χ1v) is 9.86. The van der Waals surface area contributed by atoms with E-state index in [-0.39, 0.29) is 5.92 Å². The van der Waals surface area contributed by atoms with E-state index in [2.05, 4.69) is 58.2 Å². The van der Waals surface area contributed by atoms with Gasteiger partial charge in [0.25, 0.3) is 0 Å². The van der Waals surface area contributed by atoms with Crippen molar-refractivity contribution < 1.29 is 4.52 Å². The van der Waals surface area contributed by atoms with Gasteiger partial charge in [0.15, 0.2) is 5.82 Å². The molecule has 0 spiro atoms. The summed E-state index contributed by atoms with van der Waals surface area (Å²) in [5, 5.41) is 8.57. The molecule has 0 N–H and O–H groups in total. The lowest BCUT2D eigenvalue weighted by atomic mass is 9.91. The fraction of sp³-hybridized carbons (Fsp3) is 0.182. The molecular formula is C22H21N3OS. The van der Waals surface area contributed by atoms with Crippen molar-refractivity contribution in [3.63, 3.8) is 0 Å². The Bertz CT molecular complexity index is 912. The van der Waals surface area contributed by atoms with Gasteiger partial charge < -0.3 is 4.52 Å². The molecule has 2 aromatic heterocycles. The first-order chi connectivity index (χ1) is 13.3. The first kappa shape index (κ1) is 17.6. The molecule has 0 aliphatic rings. The molecule has 136 valence electrons. The van der Waals surface area contributed by atoms with Gasteiger partial charge in [-0.3, -0.25) is 4.90 Å². The molecule has 0 saturated carbocycles. The zero-order chi connectivity index (χ0) is 18.5. The minimum atomic E-state index is -0.0351. The van der Waals surface area contributed by atoms with Crippen LogP contribution in [-0.4, -0.2) is 22.1 Å². The normalized spacial score (nSPS) is 11.4. The third-order valence-electron chi connectivity index (χ3n) is 4.45. The molecular weight excluding hydrogens is 354 g/mol. The molecule has 0 atom stereocenters. The van der Waals surface area contributed by atoms with Crippen LogP contribution in [0, 0.1) is 0 Å². The van der Waals surface area contributed by atoms with Crippen LogP contribution < -0.4 is 0 Å². The highest BCUT2D eigenvalue weighted by Gasteiger charge is 2.22. The molecule has 0 bridgehead atoms. The number of rotatable bonds is 7. The molecule has 0 fully saturated rings. The standard InChI is InChI=1S/C22H21N3OS/c1-25(14-17-12-13-27-16-17)15-20-23-22(24-26-20)21(18-8-4-2-5-9-18)19-10-6-3-7-11-19/h2-13,16,21H,14-15H2,1H3. The second-order valence-electron chi connectivity index (χ2n) is 6.60. The van der Waals surface area contributed by atoms with Gasteiger partial charge in [-0.2, -0.15) is 16.3 Å². The van der Waals surface area contributed by atoms with E-state index >= 15 is 0 Å². The van der Waals surface area contributed by atoms with Crippen LogP contribution in [0.5, 0.6) is 0 Å². The number of hydrogen-bond acceptors (Lipinski definition) is 5. The Kier molecular flexibility index (Phi) is 5.42. The largest absolute Gasteiger partial charge is 0.338 e. The predicted octanol–water partition coefficient (Wildman–Crippen LogP) is 4.94. The Morgan fingerprint density at radius 3 is 2.19 bits per heavy atom. The van der Waals surface area contributed by atoms with Crippen LogP contribution in [0.3, 0.4) is 0 Å². The fourth-order valence-electron chi connectivity index (χ4n) is 3.21. The predicted molar refractivity (Wildman–Crippen MR) is 108 cm³/mol. The number of benzene rings is 2. The molecule has 0 radical (unpaired) electrons. The first-order valence-electron chi connectivity index (χ1n) is 8.91. The Morgan fingerprint density at radius 1 is 0.926 bits per heavy atom. The summed E-state index contributed by atoms with van der Waals surface area (Å²) in [6.45, 7) is 1.49. The second kappa shape index (κ2) is 8.29. The van der Waals surface area contributed by atoms with Crippen LogP contribution >= 0.6 is 11.3 Å². The van der Waals surface area contributed by atoms with Gasteiger partial charge in [-0.05, 0) is 40.6 Å². The maximum absolute atomic E-state index is 5.58. The zero-order valence-electron chi connectivity index (χ0n) is 15.2. The molecule has 4 rings (SSSR count). The fourth-order valence-corrected chi connectivity index (χ4v) is 3.87. The van der Waals surface area contributed by atoms with Gasteiger partial charge in [-0.25, -0.2) is 0 Å². The van der Waals surface area contributed by atoms with Crippen LogP contribution in [0.2, 0.25) is 0 Å². The van der Waals surface area contributed by atoms with Gasteiger partial charge >= 0.3 is 0 Å². The number of thiophene rings is 1. The van der Waals surface area contributed by atoms with Crippen molar-refractivity contribution in [2.24, 2.45) is 0 Å². The summed E-state index contributed by atoms with van der Waals surface area (Å²) in [5.74, 6) is 1.30. The lowest BCUT2D eigenvalue weighted by molar-refractivity contribution is 0.260. The third kappa shape index (κ3) is 4.32. The van der Waals surface area contributed by atoms with E-state index in [1.165, 1.54) is 5.56 Å². The molecule has 0 unspecified atom stereocenters. The van der Waals surface area contributed by atoms with Crippen molar-refractivity contribution in [2.45, 2.75) is 19.0 Å². The zero-order valence-corrected chi connectivity index (χ0v) is 16.0. The summed E-state index contributed by atoms with van der Waals surface area (Å²) in [6.07, 6.45) is 0. The summed E-state index contributed by atoms with van der Waals surface area (Å²) in [5.41, 5.74) is 3.61. The van der Waals surface area contributed by atoms with Crippen LogP contribution in [-0.2, 0) is 13.1 Å². The van der Waals surface area contributed by atoms with Crippen LogP contribution in [0.25, 0.3) is 0 Å². The Morgan fingerprint density at radius 2 is 1.59 bits per heavy atom. The van der Waals surface area contributed by atoms with E-state index < -0.39 is 0 Å². The van der Waals surface area contributed by atoms with Crippen molar-refractivity contribution in [1.82, 2.24) is 15.0 Å². The lowest BCUT2D eigenvalue weighted by Crippen LogP contribution is -2.17. The number of nitrogens with zero attached hydrogens (tertiary/aromatic N) is 3. The molecule has 2 heterocycles. The minimum Gasteiger partial charge on any atom is -0.338 e.